The molecule has 0 amide bonds. The summed E-state index contributed by atoms with van der Waals surface area (Å²) in [6.07, 6.45) is 7.10. The van der Waals surface area contributed by atoms with Gasteiger partial charge >= 0.3 is 0 Å². The molecule has 0 aliphatic heterocycles. The summed E-state index contributed by atoms with van der Waals surface area (Å²) in [5.41, 5.74) is 6.75. The van der Waals surface area contributed by atoms with Crippen LogP contribution in [0.1, 0.15) is 70.7 Å². The van der Waals surface area contributed by atoms with Gasteiger partial charge in [-0.3, -0.25) is 0 Å². The lowest BCUT2D eigenvalue weighted by atomic mass is 10.0. The predicted molar refractivity (Wildman–Crippen MR) is 166 cm³/mol. The van der Waals surface area contributed by atoms with E-state index in [-0.39, 0.29) is 18.2 Å². The fourth-order valence-corrected chi connectivity index (χ4v) is 13.6. The average molecular weight is 538 g/mol. The van der Waals surface area contributed by atoms with Crippen molar-refractivity contribution in [2.24, 2.45) is 0 Å². The van der Waals surface area contributed by atoms with Crippen molar-refractivity contribution in [3.63, 3.8) is 0 Å². The summed E-state index contributed by atoms with van der Waals surface area (Å²) in [5.74, 6) is 3.50. The van der Waals surface area contributed by atoms with Crippen molar-refractivity contribution in [2.45, 2.75) is 92.1 Å². The summed E-state index contributed by atoms with van der Waals surface area (Å²) in [7, 11) is 2.48. The summed E-state index contributed by atoms with van der Waals surface area (Å²) < 4.78 is 11.5. The Morgan fingerprint density at radius 1 is 0.649 bits per heavy atom. The van der Waals surface area contributed by atoms with Gasteiger partial charge in [0.2, 0.25) is 0 Å². The van der Waals surface area contributed by atoms with Gasteiger partial charge in [0.1, 0.15) is 11.5 Å². The molecular formula is C33H47O2P2. The minimum atomic E-state index is -0.676. The van der Waals surface area contributed by atoms with Gasteiger partial charge in [0, 0.05) is 5.66 Å². The Morgan fingerprint density at radius 2 is 1.03 bits per heavy atom. The fourth-order valence-electron chi connectivity index (χ4n) is 6.22. The van der Waals surface area contributed by atoms with Crippen LogP contribution in [-0.4, -0.2) is 30.2 Å². The molecule has 2 aromatic rings. The summed E-state index contributed by atoms with van der Waals surface area (Å²) in [6.45, 7) is 25.6. The van der Waals surface area contributed by atoms with Crippen LogP contribution in [0.4, 0.5) is 0 Å². The molecule has 1 fully saturated rings. The summed E-state index contributed by atoms with van der Waals surface area (Å²) >= 11 is 0. The monoisotopic (exact) mass is 537 g/mol. The van der Waals surface area contributed by atoms with E-state index >= 15 is 0 Å². The van der Waals surface area contributed by atoms with Crippen LogP contribution in [0.5, 0.6) is 11.5 Å². The zero-order valence-electron chi connectivity index (χ0n) is 25.3. The first-order valence-corrected chi connectivity index (χ1v) is 16.0. The second-order valence-corrected chi connectivity index (χ2v) is 18.7. The Bertz CT molecular complexity index is 973. The van der Waals surface area contributed by atoms with Crippen LogP contribution in [0.3, 0.4) is 0 Å². The third-order valence-corrected chi connectivity index (χ3v) is 13.4. The standard InChI is InChI=1S/C33H47O2P2/c1-21-17-26(18-22(2)30(21)34-12)36(27-19-23(3)31(35-13)24(4)20-27)25(5)28-15-14-16-29(28)37(32(6,7)8)33(9,10)11/h14-20,25H,1-13H3/t25-/m1/s1. The van der Waals surface area contributed by atoms with Gasteiger partial charge in [-0.1, -0.05) is 56.4 Å². The van der Waals surface area contributed by atoms with E-state index in [0.29, 0.717) is 5.66 Å². The molecule has 0 bridgehead atoms. The number of hydrogen-bond acceptors (Lipinski definition) is 2. The molecule has 0 spiro atoms. The average Bonchev–Trinajstić information content (AvgIpc) is 3.20. The molecule has 5 radical (unpaired) electrons. The molecular weight excluding hydrogens is 490 g/mol. The molecule has 3 rings (SSSR count). The van der Waals surface area contributed by atoms with Gasteiger partial charge in [-0.05, 0) is 134 Å². The zero-order chi connectivity index (χ0) is 27.9. The van der Waals surface area contributed by atoms with Crippen LogP contribution in [0, 0.1) is 58.5 Å². The van der Waals surface area contributed by atoms with Gasteiger partial charge in [0.25, 0.3) is 0 Å². The summed E-state index contributed by atoms with van der Waals surface area (Å²) in [6, 6.07) is 9.45. The van der Waals surface area contributed by atoms with Crippen molar-refractivity contribution >= 4 is 26.5 Å². The molecule has 201 valence electrons. The lowest BCUT2D eigenvalue weighted by Gasteiger charge is -2.48. The van der Waals surface area contributed by atoms with Gasteiger partial charge < -0.3 is 9.47 Å². The van der Waals surface area contributed by atoms with E-state index in [0.717, 1.165) is 11.5 Å². The van der Waals surface area contributed by atoms with E-state index in [1.54, 1.807) is 19.9 Å². The van der Waals surface area contributed by atoms with Crippen LogP contribution in [0.15, 0.2) is 24.3 Å². The highest BCUT2D eigenvalue weighted by atomic mass is 31.1. The zero-order valence-corrected chi connectivity index (χ0v) is 27.1. The predicted octanol–water partition coefficient (Wildman–Crippen LogP) is 8.57. The maximum atomic E-state index is 5.74. The number of aryl methyl sites for hydroxylation is 4. The Kier molecular flexibility index (Phi) is 9.51. The molecule has 0 heterocycles. The van der Waals surface area contributed by atoms with Gasteiger partial charge in [0.15, 0.2) is 0 Å². The Hall–Kier alpha value is -1.10. The summed E-state index contributed by atoms with van der Waals surface area (Å²) in [5, 5.41) is 3.26. The molecule has 37 heavy (non-hydrogen) atoms. The number of methoxy groups -OCH3 is 2. The van der Waals surface area contributed by atoms with Crippen molar-refractivity contribution < 1.29 is 9.47 Å². The van der Waals surface area contributed by atoms with Gasteiger partial charge in [-0.15, -0.1) is 0 Å². The molecule has 0 N–H and O–H groups in total. The lowest BCUT2D eigenvalue weighted by molar-refractivity contribution is 0.408. The third-order valence-electron chi connectivity index (χ3n) is 7.10. The van der Waals surface area contributed by atoms with E-state index < -0.39 is 7.92 Å². The van der Waals surface area contributed by atoms with Crippen LogP contribution < -0.4 is 20.1 Å². The molecule has 2 aromatic carbocycles. The van der Waals surface area contributed by atoms with Crippen LogP contribution >= 0.6 is 15.8 Å². The Morgan fingerprint density at radius 3 is 1.35 bits per heavy atom. The molecule has 4 heteroatoms. The quantitative estimate of drug-likeness (QED) is 0.329. The number of hydrogen-bond donors (Lipinski definition) is 0. The summed E-state index contributed by atoms with van der Waals surface area (Å²) in [4.78, 5) is 0. The first-order chi connectivity index (χ1) is 17.1. The molecule has 1 saturated carbocycles. The minimum Gasteiger partial charge on any atom is -0.496 e. The number of benzene rings is 2. The molecule has 2 nitrogen and oxygen atoms in total. The third kappa shape index (κ3) is 6.39. The highest BCUT2D eigenvalue weighted by molar-refractivity contribution is 7.74. The van der Waals surface area contributed by atoms with Gasteiger partial charge in [-0.2, -0.15) is 0 Å². The first kappa shape index (κ1) is 30.4. The second-order valence-electron chi connectivity index (χ2n) is 12.3. The van der Waals surface area contributed by atoms with E-state index in [9.17, 15) is 0 Å². The van der Waals surface area contributed by atoms with Gasteiger partial charge in [-0.25, -0.2) is 0 Å². The largest absolute Gasteiger partial charge is 0.496 e. The fraction of sp³-hybridized carbons (Fsp3) is 0.485. The van der Waals surface area contributed by atoms with E-state index in [2.05, 4.69) is 120 Å². The molecule has 0 unspecified atom stereocenters. The van der Waals surface area contributed by atoms with Gasteiger partial charge in [0.05, 0.1) is 14.2 Å². The normalized spacial score (nSPS) is 16.6. The van der Waals surface area contributed by atoms with Crippen molar-refractivity contribution in [3.8, 4) is 11.5 Å². The van der Waals surface area contributed by atoms with Crippen molar-refractivity contribution in [1.82, 2.24) is 0 Å². The van der Waals surface area contributed by atoms with Crippen molar-refractivity contribution in [3.05, 3.63) is 77.4 Å². The first-order valence-electron chi connectivity index (χ1n) is 13.3. The molecule has 0 aromatic heterocycles. The van der Waals surface area contributed by atoms with Crippen LogP contribution in [-0.2, 0) is 0 Å². The Labute approximate surface area is 230 Å². The molecule has 1 aliphatic carbocycles. The topological polar surface area (TPSA) is 18.5 Å². The minimum absolute atomic E-state index is 0.222. The van der Waals surface area contributed by atoms with E-state index in [4.69, 9.17) is 9.47 Å². The lowest BCUT2D eigenvalue weighted by Crippen LogP contribution is -2.33. The highest BCUT2D eigenvalue weighted by Gasteiger charge is 2.48. The van der Waals surface area contributed by atoms with E-state index in [1.807, 2.05) is 0 Å². The SMILES string of the molecule is COc1c(C)cc(P(c2cc(C)c(OC)c(C)c2)[C@H](C)[C]2[CH][CH][CH][C]2P(C(C)(C)C)C(C)(C)C)cc1C. The Balaban J connectivity index is 2.19. The number of rotatable bonds is 7. The van der Waals surface area contributed by atoms with Crippen LogP contribution in [0.25, 0.3) is 0 Å². The van der Waals surface area contributed by atoms with Crippen LogP contribution in [0.2, 0.25) is 0 Å². The molecule has 0 saturated heterocycles. The second kappa shape index (κ2) is 11.6. The molecule has 1 aliphatic rings. The number of ether oxygens (including phenoxy) is 2. The van der Waals surface area contributed by atoms with E-state index in [1.165, 1.54) is 38.8 Å². The van der Waals surface area contributed by atoms with Crippen molar-refractivity contribution in [1.29, 1.82) is 0 Å². The highest BCUT2D eigenvalue weighted by Crippen LogP contribution is 2.72. The maximum Gasteiger partial charge on any atom is 0.124 e. The smallest absolute Gasteiger partial charge is 0.124 e. The molecule has 1 atom stereocenters. The van der Waals surface area contributed by atoms with Crippen molar-refractivity contribution in [2.75, 3.05) is 14.2 Å². The maximum absolute atomic E-state index is 5.74.